The van der Waals surface area contributed by atoms with E-state index in [9.17, 15) is 14.4 Å². The molecule has 0 aromatic heterocycles. The number of carbonyl (C=O) groups is 3. The van der Waals surface area contributed by atoms with Gasteiger partial charge in [-0.05, 0) is 55.8 Å². The molecule has 7 nitrogen and oxygen atoms in total. The third-order valence-corrected chi connectivity index (χ3v) is 4.69. The summed E-state index contributed by atoms with van der Waals surface area (Å²) >= 11 is 5.87. The first-order valence-corrected chi connectivity index (χ1v) is 10.0. The summed E-state index contributed by atoms with van der Waals surface area (Å²) < 4.78 is 5.55. The van der Waals surface area contributed by atoms with Crippen LogP contribution in [-0.2, 0) is 9.59 Å². The van der Waals surface area contributed by atoms with Crippen LogP contribution in [0.3, 0.4) is 0 Å². The lowest BCUT2D eigenvalue weighted by Crippen LogP contribution is -2.33. The van der Waals surface area contributed by atoms with E-state index in [0.29, 0.717) is 27.5 Å². The number of carbonyl (C=O) groups excluding carboxylic acids is 3. The summed E-state index contributed by atoms with van der Waals surface area (Å²) in [6.07, 6.45) is 0. The van der Waals surface area contributed by atoms with E-state index < -0.39 is 17.8 Å². The molecule has 0 bridgehead atoms. The number of nitrogens with zero attached hydrogens (tertiary/aromatic N) is 1. The van der Waals surface area contributed by atoms with Gasteiger partial charge >= 0.3 is 17.8 Å². The maximum absolute atomic E-state index is 12.6. The fourth-order valence-electron chi connectivity index (χ4n) is 2.81. The van der Waals surface area contributed by atoms with E-state index in [1.54, 1.807) is 61.5 Å². The third-order valence-electron chi connectivity index (χ3n) is 4.46. The molecule has 0 aliphatic carbocycles. The Balaban J connectivity index is 1.70. The highest BCUT2D eigenvalue weighted by Gasteiger charge is 2.16. The van der Waals surface area contributed by atoms with Crippen molar-refractivity contribution in [2.75, 3.05) is 5.32 Å². The van der Waals surface area contributed by atoms with E-state index in [4.69, 9.17) is 16.3 Å². The van der Waals surface area contributed by atoms with E-state index in [1.807, 2.05) is 19.1 Å². The molecule has 0 aliphatic heterocycles. The molecule has 0 spiro atoms. The normalized spacial score (nSPS) is 10.9. The van der Waals surface area contributed by atoms with Gasteiger partial charge in [-0.25, -0.2) is 10.2 Å². The molecule has 3 aromatic rings. The standard InChI is InChI=1S/C24H20ClN3O4/c1-15-8-3-4-11-19(15)24(31)32-21-13-6-5-12-20(21)16(2)27-28-23(30)22(29)26-18-10-7-9-17(25)14-18/h3-14H,1-2H3,(H,26,29)(H,28,30)/b27-16+. The van der Waals surface area contributed by atoms with Gasteiger partial charge in [0.2, 0.25) is 0 Å². The number of rotatable bonds is 5. The lowest BCUT2D eigenvalue weighted by Gasteiger charge is -2.11. The van der Waals surface area contributed by atoms with Crippen LogP contribution in [0, 0.1) is 6.92 Å². The van der Waals surface area contributed by atoms with E-state index in [2.05, 4.69) is 15.8 Å². The number of esters is 1. The van der Waals surface area contributed by atoms with Crippen molar-refractivity contribution in [2.45, 2.75) is 13.8 Å². The molecular formula is C24H20ClN3O4. The second-order valence-corrected chi connectivity index (χ2v) is 7.24. The minimum absolute atomic E-state index is 0.277. The number of halogens is 1. The Morgan fingerprint density at radius 3 is 2.28 bits per heavy atom. The Morgan fingerprint density at radius 1 is 0.875 bits per heavy atom. The average Bonchev–Trinajstić information content (AvgIpc) is 2.77. The SMILES string of the molecule is C/C(=N\NC(=O)C(=O)Nc1cccc(Cl)c1)c1ccccc1OC(=O)c1ccccc1C. The van der Waals surface area contributed by atoms with Crippen molar-refractivity contribution >= 4 is 40.8 Å². The number of ether oxygens (including phenoxy) is 1. The maximum Gasteiger partial charge on any atom is 0.343 e. The number of amides is 2. The molecule has 0 saturated heterocycles. The number of hydrazone groups is 1. The van der Waals surface area contributed by atoms with E-state index in [0.717, 1.165) is 5.56 Å². The highest BCUT2D eigenvalue weighted by molar-refractivity contribution is 6.40. The van der Waals surface area contributed by atoms with Crippen LogP contribution in [0.5, 0.6) is 5.75 Å². The zero-order valence-electron chi connectivity index (χ0n) is 17.4. The molecule has 3 rings (SSSR count). The van der Waals surface area contributed by atoms with Crippen molar-refractivity contribution in [1.82, 2.24) is 5.43 Å². The summed E-state index contributed by atoms with van der Waals surface area (Å²) in [5.41, 5.74) is 4.66. The molecule has 0 heterocycles. The molecule has 32 heavy (non-hydrogen) atoms. The number of benzene rings is 3. The zero-order chi connectivity index (χ0) is 23.1. The molecule has 2 amide bonds. The number of aryl methyl sites for hydroxylation is 1. The predicted octanol–water partition coefficient (Wildman–Crippen LogP) is 4.35. The Bertz CT molecular complexity index is 1210. The van der Waals surface area contributed by atoms with Crippen LogP contribution in [0.1, 0.15) is 28.4 Å². The molecule has 2 N–H and O–H groups in total. The molecule has 0 radical (unpaired) electrons. The predicted molar refractivity (Wildman–Crippen MR) is 123 cm³/mol. The highest BCUT2D eigenvalue weighted by Crippen LogP contribution is 2.21. The quantitative estimate of drug-likeness (QED) is 0.199. The molecule has 0 aliphatic rings. The van der Waals surface area contributed by atoms with Crippen LogP contribution in [0.4, 0.5) is 5.69 Å². The summed E-state index contributed by atoms with van der Waals surface area (Å²) in [6, 6.07) is 20.3. The van der Waals surface area contributed by atoms with Crippen molar-refractivity contribution in [3.8, 4) is 5.75 Å². The molecule has 0 saturated carbocycles. The topological polar surface area (TPSA) is 96.9 Å². The van der Waals surface area contributed by atoms with Crippen LogP contribution in [0.25, 0.3) is 0 Å². The Labute approximate surface area is 190 Å². The van der Waals surface area contributed by atoms with Gasteiger partial charge in [0.1, 0.15) is 5.75 Å². The summed E-state index contributed by atoms with van der Waals surface area (Å²) in [6.45, 7) is 3.44. The first-order chi connectivity index (χ1) is 15.3. The molecule has 0 unspecified atom stereocenters. The zero-order valence-corrected chi connectivity index (χ0v) is 18.1. The average molecular weight is 450 g/mol. The Kier molecular flexibility index (Phi) is 7.36. The summed E-state index contributed by atoms with van der Waals surface area (Å²) in [7, 11) is 0. The van der Waals surface area contributed by atoms with E-state index >= 15 is 0 Å². The molecule has 0 atom stereocenters. The summed E-state index contributed by atoms with van der Waals surface area (Å²) in [5.74, 6) is -2.09. The van der Waals surface area contributed by atoms with Gasteiger partial charge in [0.25, 0.3) is 0 Å². The van der Waals surface area contributed by atoms with Crippen LogP contribution >= 0.6 is 11.6 Å². The van der Waals surface area contributed by atoms with Gasteiger partial charge in [0, 0.05) is 16.3 Å². The van der Waals surface area contributed by atoms with E-state index in [-0.39, 0.29) is 5.75 Å². The molecule has 0 fully saturated rings. The highest BCUT2D eigenvalue weighted by atomic mass is 35.5. The van der Waals surface area contributed by atoms with Gasteiger partial charge in [0.05, 0.1) is 11.3 Å². The third kappa shape index (κ3) is 5.80. The minimum Gasteiger partial charge on any atom is -0.422 e. The van der Waals surface area contributed by atoms with Gasteiger partial charge in [-0.2, -0.15) is 5.10 Å². The van der Waals surface area contributed by atoms with Gasteiger partial charge < -0.3 is 10.1 Å². The number of anilines is 1. The minimum atomic E-state index is -0.960. The van der Waals surface area contributed by atoms with Crippen molar-refractivity contribution in [2.24, 2.45) is 5.10 Å². The number of hydrogen-bond acceptors (Lipinski definition) is 5. The van der Waals surface area contributed by atoms with Crippen LogP contribution in [0.2, 0.25) is 5.02 Å². The van der Waals surface area contributed by atoms with E-state index in [1.165, 1.54) is 6.07 Å². The smallest absolute Gasteiger partial charge is 0.343 e. The number of para-hydroxylation sites is 1. The second-order valence-electron chi connectivity index (χ2n) is 6.80. The van der Waals surface area contributed by atoms with Gasteiger partial charge in [0.15, 0.2) is 0 Å². The van der Waals surface area contributed by atoms with Crippen LogP contribution in [0.15, 0.2) is 77.9 Å². The molecule has 8 heteroatoms. The summed E-state index contributed by atoms with van der Waals surface area (Å²) in [4.78, 5) is 36.7. The van der Waals surface area contributed by atoms with Gasteiger partial charge in [-0.3, -0.25) is 9.59 Å². The van der Waals surface area contributed by atoms with Crippen molar-refractivity contribution in [3.63, 3.8) is 0 Å². The first kappa shape index (κ1) is 22.7. The fraction of sp³-hybridized carbons (Fsp3) is 0.0833. The Morgan fingerprint density at radius 2 is 1.56 bits per heavy atom. The first-order valence-electron chi connectivity index (χ1n) is 9.63. The van der Waals surface area contributed by atoms with Gasteiger partial charge in [-0.1, -0.05) is 48.0 Å². The fourth-order valence-corrected chi connectivity index (χ4v) is 3.00. The molecular weight excluding hydrogens is 430 g/mol. The lowest BCUT2D eigenvalue weighted by molar-refractivity contribution is -0.136. The lowest BCUT2D eigenvalue weighted by atomic mass is 10.1. The van der Waals surface area contributed by atoms with Gasteiger partial charge in [-0.15, -0.1) is 0 Å². The van der Waals surface area contributed by atoms with Crippen molar-refractivity contribution in [1.29, 1.82) is 0 Å². The molecule has 162 valence electrons. The monoisotopic (exact) mass is 449 g/mol. The number of hydrogen-bond donors (Lipinski definition) is 2. The van der Waals surface area contributed by atoms with Crippen molar-refractivity contribution in [3.05, 3.63) is 94.5 Å². The maximum atomic E-state index is 12.6. The second kappa shape index (κ2) is 10.4. The summed E-state index contributed by atoms with van der Waals surface area (Å²) in [5, 5.41) is 6.83. The Hall–Kier alpha value is -3.97. The van der Waals surface area contributed by atoms with Crippen molar-refractivity contribution < 1.29 is 19.1 Å². The van der Waals surface area contributed by atoms with Crippen LogP contribution in [-0.4, -0.2) is 23.5 Å². The van der Waals surface area contributed by atoms with Crippen LogP contribution < -0.4 is 15.5 Å². The largest absolute Gasteiger partial charge is 0.422 e. The number of nitrogens with one attached hydrogen (secondary N) is 2. The molecule has 3 aromatic carbocycles.